The minimum absolute atomic E-state index is 0.479. The van der Waals surface area contributed by atoms with Crippen molar-refractivity contribution < 1.29 is 9.90 Å². The number of hydrogen-bond acceptors (Lipinski definition) is 4. The molecule has 1 aliphatic heterocycles. The van der Waals surface area contributed by atoms with Crippen molar-refractivity contribution in [2.24, 2.45) is 0 Å². The van der Waals surface area contributed by atoms with E-state index in [1.807, 2.05) is 24.8 Å². The number of fused-ring (bicyclic) bond motifs is 1. The van der Waals surface area contributed by atoms with Gasteiger partial charge < -0.3 is 15.0 Å². The minimum atomic E-state index is -0.783. The number of aromatic nitrogens is 3. The van der Waals surface area contributed by atoms with E-state index in [0.29, 0.717) is 12.2 Å². The predicted octanol–water partition coefficient (Wildman–Crippen LogP) is 1.63. The van der Waals surface area contributed by atoms with Gasteiger partial charge in [-0.3, -0.25) is 0 Å². The van der Waals surface area contributed by atoms with Gasteiger partial charge in [0.25, 0.3) is 0 Å². The first kappa shape index (κ1) is 12.0. The average Bonchev–Trinajstić information content (AvgIpc) is 2.92. The quantitative estimate of drug-likeness (QED) is 0.857. The molecule has 0 radical (unpaired) electrons. The molecule has 1 unspecified atom stereocenters. The molecule has 3 rings (SSSR count). The van der Waals surface area contributed by atoms with E-state index in [4.69, 9.17) is 0 Å². The number of carbonyl (C=O) groups is 1. The molecule has 0 bridgehead atoms. The zero-order valence-electron chi connectivity index (χ0n) is 11.0. The maximum Gasteiger partial charge on any atom is 0.326 e. The molecule has 0 amide bonds. The van der Waals surface area contributed by atoms with Crippen molar-refractivity contribution in [1.82, 2.24) is 15.0 Å². The number of nitrogens with one attached hydrogen (secondary N) is 1. The second-order valence-electron chi connectivity index (χ2n) is 5.00. The van der Waals surface area contributed by atoms with Crippen LogP contribution in [0.15, 0.2) is 6.07 Å². The summed E-state index contributed by atoms with van der Waals surface area (Å²) in [6.07, 6.45) is 1.55. The maximum atomic E-state index is 11.3. The van der Waals surface area contributed by atoms with Gasteiger partial charge in [-0.2, -0.15) is 0 Å². The van der Waals surface area contributed by atoms with Gasteiger partial charge in [0.05, 0.1) is 5.39 Å². The summed E-state index contributed by atoms with van der Waals surface area (Å²) >= 11 is 0. The first-order valence-corrected chi connectivity index (χ1v) is 6.39. The highest BCUT2D eigenvalue weighted by atomic mass is 16.4. The third-order valence-corrected chi connectivity index (χ3v) is 3.52. The molecule has 0 aromatic carbocycles. The SMILES string of the molecule is Cc1nc(N2CCCC2C(=O)O)c2cc(C)[nH]c2n1. The molecule has 6 nitrogen and oxygen atoms in total. The third kappa shape index (κ3) is 1.93. The highest BCUT2D eigenvalue weighted by Crippen LogP contribution is 2.30. The van der Waals surface area contributed by atoms with Crippen molar-refractivity contribution in [2.75, 3.05) is 11.4 Å². The average molecular weight is 260 g/mol. The summed E-state index contributed by atoms with van der Waals surface area (Å²) in [4.78, 5) is 25.2. The third-order valence-electron chi connectivity index (χ3n) is 3.52. The highest BCUT2D eigenvalue weighted by molar-refractivity contribution is 5.91. The van der Waals surface area contributed by atoms with Crippen LogP contribution in [0.3, 0.4) is 0 Å². The van der Waals surface area contributed by atoms with Crippen LogP contribution in [0.4, 0.5) is 5.82 Å². The zero-order valence-corrected chi connectivity index (χ0v) is 11.0. The van der Waals surface area contributed by atoms with E-state index < -0.39 is 12.0 Å². The fraction of sp³-hybridized carbons (Fsp3) is 0.462. The first-order valence-electron chi connectivity index (χ1n) is 6.39. The van der Waals surface area contributed by atoms with Crippen molar-refractivity contribution >= 4 is 22.8 Å². The van der Waals surface area contributed by atoms with Crippen LogP contribution in [0.25, 0.3) is 11.0 Å². The smallest absolute Gasteiger partial charge is 0.326 e. The first-order chi connectivity index (χ1) is 9.06. The van der Waals surface area contributed by atoms with E-state index in [-0.39, 0.29) is 0 Å². The van der Waals surface area contributed by atoms with Crippen molar-refractivity contribution in [2.45, 2.75) is 32.7 Å². The summed E-state index contributed by atoms with van der Waals surface area (Å²) < 4.78 is 0. The topological polar surface area (TPSA) is 82.1 Å². The summed E-state index contributed by atoms with van der Waals surface area (Å²) in [7, 11) is 0. The van der Waals surface area contributed by atoms with E-state index in [0.717, 1.165) is 35.5 Å². The summed E-state index contributed by atoms with van der Waals surface area (Å²) in [5, 5.41) is 10.2. The molecule has 2 N–H and O–H groups in total. The fourth-order valence-electron chi connectivity index (χ4n) is 2.73. The Hall–Kier alpha value is -2.11. The van der Waals surface area contributed by atoms with Gasteiger partial charge in [0.15, 0.2) is 0 Å². The zero-order chi connectivity index (χ0) is 13.6. The Balaban J connectivity index is 2.16. The number of carboxylic acid groups (broad SMARTS) is 1. The predicted molar refractivity (Wildman–Crippen MR) is 71.4 cm³/mol. The molecule has 1 saturated heterocycles. The monoisotopic (exact) mass is 260 g/mol. The number of aromatic amines is 1. The molecule has 19 heavy (non-hydrogen) atoms. The Labute approximate surface area is 110 Å². The summed E-state index contributed by atoms with van der Waals surface area (Å²) in [5.74, 6) is 0.603. The van der Waals surface area contributed by atoms with Gasteiger partial charge in [0.2, 0.25) is 0 Å². The molecule has 0 saturated carbocycles. The molecule has 1 fully saturated rings. The van der Waals surface area contributed by atoms with Gasteiger partial charge in [0.1, 0.15) is 23.3 Å². The molecule has 0 aliphatic carbocycles. The van der Waals surface area contributed by atoms with Crippen molar-refractivity contribution in [3.63, 3.8) is 0 Å². The van der Waals surface area contributed by atoms with Gasteiger partial charge in [-0.25, -0.2) is 14.8 Å². The molecule has 1 aliphatic rings. The fourth-order valence-corrected chi connectivity index (χ4v) is 2.73. The van der Waals surface area contributed by atoms with Crippen LogP contribution in [-0.4, -0.2) is 38.6 Å². The van der Waals surface area contributed by atoms with Crippen LogP contribution in [-0.2, 0) is 4.79 Å². The van der Waals surface area contributed by atoms with E-state index in [9.17, 15) is 9.90 Å². The Morgan fingerprint density at radius 1 is 1.47 bits per heavy atom. The Morgan fingerprint density at radius 2 is 2.26 bits per heavy atom. The van der Waals surface area contributed by atoms with E-state index in [1.165, 1.54) is 0 Å². The molecule has 0 spiro atoms. The summed E-state index contributed by atoms with van der Waals surface area (Å²) in [6, 6.07) is 1.49. The minimum Gasteiger partial charge on any atom is -0.480 e. The number of anilines is 1. The largest absolute Gasteiger partial charge is 0.480 e. The number of H-pyrrole nitrogens is 1. The molecular formula is C13H16N4O2. The molecule has 3 heterocycles. The maximum absolute atomic E-state index is 11.3. The number of hydrogen-bond donors (Lipinski definition) is 2. The number of rotatable bonds is 2. The second-order valence-corrected chi connectivity index (χ2v) is 5.00. The normalized spacial score (nSPS) is 19.3. The van der Waals surface area contributed by atoms with Crippen LogP contribution in [0.2, 0.25) is 0 Å². The molecule has 2 aromatic rings. The van der Waals surface area contributed by atoms with Gasteiger partial charge in [0, 0.05) is 12.2 Å². The number of carboxylic acids is 1. The van der Waals surface area contributed by atoms with Gasteiger partial charge in [-0.1, -0.05) is 0 Å². The van der Waals surface area contributed by atoms with Crippen molar-refractivity contribution in [3.8, 4) is 0 Å². The Kier molecular flexibility index (Phi) is 2.66. The van der Waals surface area contributed by atoms with Crippen LogP contribution < -0.4 is 4.90 Å². The van der Waals surface area contributed by atoms with E-state index >= 15 is 0 Å². The number of aryl methyl sites for hydroxylation is 2. The van der Waals surface area contributed by atoms with Crippen molar-refractivity contribution in [3.05, 3.63) is 17.6 Å². The lowest BCUT2D eigenvalue weighted by Crippen LogP contribution is -2.36. The lowest BCUT2D eigenvalue weighted by molar-refractivity contribution is -0.138. The second kappa shape index (κ2) is 4.22. The van der Waals surface area contributed by atoms with Gasteiger partial charge in [-0.05, 0) is 32.8 Å². The van der Waals surface area contributed by atoms with Crippen molar-refractivity contribution in [1.29, 1.82) is 0 Å². The summed E-state index contributed by atoms with van der Waals surface area (Å²) in [6.45, 7) is 4.51. The molecule has 6 heteroatoms. The summed E-state index contributed by atoms with van der Waals surface area (Å²) in [5.41, 5.74) is 1.78. The van der Waals surface area contributed by atoms with E-state index in [2.05, 4.69) is 15.0 Å². The standard InChI is InChI=1S/C13H16N4O2/c1-7-6-9-11(14-7)15-8(2)16-12(9)17-5-3-4-10(17)13(18)19/h6,10H,3-5H2,1-2H3,(H,18,19)(H,14,15,16). The lowest BCUT2D eigenvalue weighted by Gasteiger charge is -2.23. The molecule has 1 atom stereocenters. The van der Waals surface area contributed by atoms with E-state index in [1.54, 1.807) is 0 Å². The Morgan fingerprint density at radius 3 is 3.00 bits per heavy atom. The van der Waals surface area contributed by atoms with Crippen LogP contribution in [0.1, 0.15) is 24.4 Å². The molecule has 100 valence electrons. The van der Waals surface area contributed by atoms with Crippen LogP contribution in [0, 0.1) is 13.8 Å². The molecular weight excluding hydrogens is 244 g/mol. The van der Waals surface area contributed by atoms with Crippen LogP contribution >= 0.6 is 0 Å². The van der Waals surface area contributed by atoms with Crippen LogP contribution in [0.5, 0.6) is 0 Å². The Bertz CT molecular complexity index is 649. The number of nitrogens with zero attached hydrogens (tertiary/aromatic N) is 3. The highest BCUT2D eigenvalue weighted by Gasteiger charge is 2.32. The lowest BCUT2D eigenvalue weighted by atomic mass is 10.2. The molecule has 2 aromatic heterocycles. The van der Waals surface area contributed by atoms with Gasteiger partial charge >= 0.3 is 5.97 Å². The number of aliphatic carboxylic acids is 1. The van der Waals surface area contributed by atoms with Gasteiger partial charge in [-0.15, -0.1) is 0 Å².